The van der Waals surface area contributed by atoms with Gasteiger partial charge in [-0.05, 0) is 73.5 Å². The lowest BCUT2D eigenvalue weighted by Crippen LogP contribution is -2.55. The second-order valence-electron chi connectivity index (χ2n) is 7.54. The molecule has 4 bridgehead atoms. The molecule has 1 aromatic heterocycles. The molecule has 0 aliphatic heterocycles. The number of aliphatic hydroxyl groups is 1. The molecule has 1 heterocycles. The molecule has 0 saturated heterocycles. The molecule has 21 heavy (non-hydrogen) atoms. The fourth-order valence-electron chi connectivity index (χ4n) is 5.69. The average Bonchev–Trinajstić information content (AvgIpc) is 2.51. The summed E-state index contributed by atoms with van der Waals surface area (Å²) in [7, 11) is 0. The van der Waals surface area contributed by atoms with Crippen molar-refractivity contribution in [2.75, 3.05) is 0 Å². The Labute approximate surface area is 125 Å². The zero-order valence-electron chi connectivity index (χ0n) is 12.2. The van der Waals surface area contributed by atoms with Crippen molar-refractivity contribution in [1.82, 2.24) is 4.98 Å². The molecule has 1 aromatic carbocycles. The van der Waals surface area contributed by atoms with Gasteiger partial charge in [0.15, 0.2) is 0 Å². The number of rotatable bonds is 1. The van der Waals surface area contributed by atoms with E-state index in [1.165, 1.54) is 32.1 Å². The highest BCUT2D eigenvalue weighted by Gasteiger charge is 2.57. The van der Waals surface area contributed by atoms with Crippen molar-refractivity contribution in [2.24, 2.45) is 23.7 Å². The number of pyridine rings is 1. The lowest BCUT2D eigenvalue weighted by Gasteiger charge is -2.59. The van der Waals surface area contributed by atoms with Gasteiger partial charge in [-0.15, -0.1) is 0 Å². The van der Waals surface area contributed by atoms with Gasteiger partial charge < -0.3 is 5.11 Å². The maximum atomic E-state index is 11.6. The van der Waals surface area contributed by atoms with E-state index in [1.807, 2.05) is 12.3 Å². The van der Waals surface area contributed by atoms with Crippen LogP contribution in [0.15, 0.2) is 36.5 Å². The molecule has 6 rings (SSSR count). The van der Waals surface area contributed by atoms with Gasteiger partial charge in [0, 0.05) is 11.6 Å². The first-order valence-electron chi connectivity index (χ1n) is 8.31. The minimum absolute atomic E-state index is 0.468. The molecule has 2 heteroatoms. The monoisotopic (exact) mass is 279 g/mol. The molecule has 0 atom stereocenters. The Morgan fingerprint density at radius 1 is 0.952 bits per heavy atom. The van der Waals surface area contributed by atoms with Crippen LogP contribution in [0.2, 0.25) is 0 Å². The van der Waals surface area contributed by atoms with Crippen molar-refractivity contribution in [3.8, 4) is 0 Å². The average molecular weight is 279 g/mol. The lowest BCUT2D eigenvalue weighted by atomic mass is 9.48. The second kappa shape index (κ2) is 4.07. The van der Waals surface area contributed by atoms with Crippen LogP contribution in [0.4, 0.5) is 0 Å². The third-order valence-corrected chi connectivity index (χ3v) is 6.45. The van der Waals surface area contributed by atoms with Gasteiger partial charge in [-0.3, -0.25) is 4.98 Å². The molecule has 4 aliphatic rings. The van der Waals surface area contributed by atoms with Gasteiger partial charge in [0.05, 0.1) is 11.1 Å². The van der Waals surface area contributed by atoms with Crippen molar-refractivity contribution in [2.45, 2.75) is 37.7 Å². The largest absolute Gasteiger partial charge is 0.385 e. The third kappa shape index (κ3) is 1.60. The van der Waals surface area contributed by atoms with E-state index in [2.05, 4.69) is 29.2 Å². The van der Waals surface area contributed by atoms with Gasteiger partial charge in [-0.25, -0.2) is 0 Å². The normalized spacial score (nSPS) is 40.8. The summed E-state index contributed by atoms with van der Waals surface area (Å²) in [6, 6.07) is 10.5. The summed E-state index contributed by atoms with van der Waals surface area (Å²) in [5.74, 6) is 2.70. The molecule has 0 spiro atoms. The molecular weight excluding hydrogens is 258 g/mol. The van der Waals surface area contributed by atoms with E-state index >= 15 is 0 Å². The van der Waals surface area contributed by atoms with Crippen molar-refractivity contribution >= 4 is 10.9 Å². The smallest absolute Gasteiger partial charge is 0.0953 e. The summed E-state index contributed by atoms with van der Waals surface area (Å²) in [6.45, 7) is 0. The fraction of sp³-hybridized carbons (Fsp3) is 0.526. The zero-order chi connectivity index (χ0) is 14.0. The molecule has 0 unspecified atom stereocenters. The predicted octanol–water partition coefficient (Wildman–Crippen LogP) is 3.88. The van der Waals surface area contributed by atoms with Crippen LogP contribution in [0.3, 0.4) is 0 Å². The van der Waals surface area contributed by atoms with E-state index in [1.54, 1.807) is 0 Å². The molecule has 2 aromatic rings. The quantitative estimate of drug-likeness (QED) is 0.859. The van der Waals surface area contributed by atoms with E-state index < -0.39 is 5.60 Å². The first-order valence-corrected chi connectivity index (χ1v) is 8.31. The van der Waals surface area contributed by atoms with E-state index in [-0.39, 0.29) is 0 Å². The van der Waals surface area contributed by atoms with Crippen LogP contribution in [0, 0.1) is 23.7 Å². The van der Waals surface area contributed by atoms with Gasteiger partial charge in [0.1, 0.15) is 0 Å². The Morgan fingerprint density at radius 3 is 2.38 bits per heavy atom. The number of benzene rings is 1. The SMILES string of the molecule is OC1(c2ccc3cccnc3c2)C2CC3CC(C2)CC1C3. The van der Waals surface area contributed by atoms with Crippen LogP contribution >= 0.6 is 0 Å². The van der Waals surface area contributed by atoms with E-state index in [4.69, 9.17) is 0 Å². The maximum absolute atomic E-state index is 11.6. The Balaban J connectivity index is 1.64. The summed E-state index contributed by atoms with van der Waals surface area (Å²) in [6.07, 6.45) is 8.16. The van der Waals surface area contributed by atoms with Gasteiger partial charge in [0.25, 0.3) is 0 Å². The van der Waals surface area contributed by atoms with Crippen LogP contribution in [0.25, 0.3) is 10.9 Å². The van der Waals surface area contributed by atoms with Gasteiger partial charge >= 0.3 is 0 Å². The van der Waals surface area contributed by atoms with Crippen LogP contribution in [0.5, 0.6) is 0 Å². The molecule has 4 saturated carbocycles. The summed E-state index contributed by atoms with van der Waals surface area (Å²) < 4.78 is 0. The maximum Gasteiger partial charge on any atom is 0.0953 e. The summed E-state index contributed by atoms with van der Waals surface area (Å²) in [4.78, 5) is 4.47. The summed E-state index contributed by atoms with van der Waals surface area (Å²) >= 11 is 0. The molecule has 0 radical (unpaired) electrons. The van der Waals surface area contributed by atoms with Crippen LogP contribution in [0.1, 0.15) is 37.7 Å². The second-order valence-corrected chi connectivity index (χ2v) is 7.54. The highest BCUT2D eigenvalue weighted by atomic mass is 16.3. The first-order chi connectivity index (χ1) is 10.2. The van der Waals surface area contributed by atoms with Gasteiger partial charge in [-0.2, -0.15) is 0 Å². The topological polar surface area (TPSA) is 33.1 Å². The number of nitrogens with zero attached hydrogens (tertiary/aromatic N) is 1. The summed E-state index contributed by atoms with van der Waals surface area (Å²) in [5.41, 5.74) is 1.53. The standard InChI is InChI=1S/C19H21NO/c21-19(15-4-3-14-2-1-5-20-18(14)11-15)16-7-12-6-13(9-16)10-17(19)8-12/h1-5,11-13,16-17,21H,6-10H2. The molecule has 4 aliphatic carbocycles. The molecule has 0 amide bonds. The Bertz CT molecular complexity index is 680. The number of fused-ring (bicyclic) bond motifs is 1. The summed E-state index contributed by atoms with van der Waals surface area (Å²) in [5, 5.41) is 12.8. The number of aromatic nitrogens is 1. The Kier molecular flexibility index (Phi) is 2.36. The van der Waals surface area contributed by atoms with Gasteiger partial charge in [-0.1, -0.05) is 18.2 Å². The molecule has 2 nitrogen and oxygen atoms in total. The number of hydrogen-bond donors (Lipinski definition) is 1. The minimum atomic E-state index is -0.598. The minimum Gasteiger partial charge on any atom is -0.385 e. The zero-order valence-corrected chi connectivity index (χ0v) is 12.2. The lowest BCUT2D eigenvalue weighted by molar-refractivity contribution is -0.179. The molecule has 108 valence electrons. The number of hydrogen-bond acceptors (Lipinski definition) is 2. The van der Waals surface area contributed by atoms with Gasteiger partial charge in [0.2, 0.25) is 0 Å². The Morgan fingerprint density at radius 2 is 1.67 bits per heavy atom. The molecule has 4 fully saturated rings. The van der Waals surface area contributed by atoms with Crippen LogP contribution < -0.4 is 0 Å². The fourth-order valence-corrected chi connectivity index (χ4v) is 5.69. The highest BCUT2D eigenvalue weighted by molar-refractivity contribution is 5.79. The molecule has 1 N–H and O–H groups in total. The van der Waals surface area contributed by atoms with E-state index in [9.17, 15) is 5.11 Å². The highest BCUT2D eigenvalue weighted by Crippen LogP contribution is 2.61. The van der Waals surface area contributed by atoms with Crippen molar-refractivity contribution in [1.29, 1.82) is 0 Å². The van der Waals surface area contributed by atoms with Crippen LogP contribution in [-0.2, 0) is 5.60 Å². The Hall–Kier alpha value is -1.41. The van der Waals surface area contributed by atoms with Crippen molar-refractivity contribution < 1.29 is 5.11 Å². The van der Waals surface area contributed by atoms with E-state index in [0.717, 1.165) is 28.3 Å². The van der Waals surface area contributed by atoms with Crippen molar-refractivity contribution in [3.05, 3.63) is 42.1 Å². The first kappa shape index (κ1) is 12.2. The van der Waals surface area contributed by atoms with Crippen LogP contribution in [-0.4, -0.2) is 10.1 Å². The molecular formula is C19H21NO. The third-order valence-electron chi connectivity index (χ3n) is 6.45. The predicted molar refractivity (Wildman–Crippen MR) is 82.7 cm³/mol. The van der Waals surface area contributed by atoms with Crippen molar-refractivity contribution in [3.63, 3.8) is 0 Å². The van der Waals surface area contributed by atoms with E-state index in [0.29, 0.717) is 11.8 Å².